The Kier molecular flexibility index (Phi) is 6.70. The van der Waals surface area contributed by atoms with Gasteiger partial charge in [0, 0.05) is 33.6 Å². The molecule has 1 aromatic heterocycles. The van der Waals surface area contributed by atoms with Gasteiger partial charge in [-0.15, -0.1) is 0 Å². The first-order valence-electron chi connectivity index (χ1n) is 16.5. The quantitative estimate of drug-likeness (QED) is 0.192. The van der Waals surface area contributed by atoms with E-state index in [1.54, 1.807) is 0 Å². The molecule has 0 fully saturated rings. The second kappa shape index (κ2) is 11.5. The molecule has 0 saturated heterocycles. The van der Waals surface area contributed by atoms with Crippen molar-refractivity contribution in [3.8, 4) is 46.1 Å². The van der Waals surface area contributed by atoms with Crippen LogP contribution in [0.4, 0.5) is 11.4 Å². The van der Waals surface area contributed by atoms with E-state index in [4.69, 9.17) is 0 Å². The van der Waals surface area contributed by atoms with E-state index in [1.807, 2.05) is 66.7 Å². The molecule has 0 N–H and O–H groups in total. The van der Waals surface area contributed by atoms with E-state index in [-0.39, 0.29) is 12.0 Å². The molecule has 0 saturated carbocycles. The lowest BCUT2D eigenvalue weighted by molar-refractivity contribution is 0.744. The van der Waals surface area contributed by atoms with Crippen molar-refractivity contribution in [1.29, 1.82) is 15.8 Å². The lowest BCUT2D eigenvalue weighted by Crippen LogP contribution is -2.29. The average molecular weight is 638 g/mol. The molecule has 232 valence electrons. The smallest absolute Gasteiger partial charge is 0.101 e. The van der Waals surface area contributed by atoms with Gasteiger partial charge in [-0.3, -0.25) is 0 Å². The summed E-state index contributed by atoms with van der Waals surface area (Å²) in [6, 6.07) is 49.9. The summed E-state index contributed by atoms with van der Waals surface area (Å²) in [5, 5.41) is 32.9. The zero-order valence-corrected chi connectivity index (χ0v) is 26.8. The van der Waals surface area contributed by atoms with Crippen LogP contribution in [0.25, 0.3) is 49.7 Å². The number of anilines is 2. The summed E-state index contributed by atoms with van der Waals surface area (Å²) in [6.45, 7) is 0. The van der Waals surface area contributed by atoms with Crippen molar-refractivity contribution in [1.82, 2.24) is 4.57 Å². The van der Waals surface area contributed by atoms with Crippen LogP contribution in [0.2, 0.25) is 0 Å². The molecule has 50 heavy (non-hydrogen) atoms. The van der Waals surface area contributed by atoms with Gasteiger partial charge in [0.15, 0.2) is 0 Å². The summed E-state index contributed by atoms with van der Waals surface area (Å²) < 4.78 is 2.24. The summed E-state index contributed by atoms with van der Waals surface area (Å²) in [7, 11) is 0. The van der Waals surface area contributed by atoms with Gasteiger partial charge in [-0.25, -0.2) is 0 Å². The van der Waals surface area contributed by atoms with Gasteiger partial charge in [0.1, 0.15) is 6.07 Å². The molecular formula is C45H27N5. The highest BCUT2D eigenvalue weighted by Gasteiger charge is 2.39. The lowest BCUT2D eigenvalue weighted by Gasteiger charge is -2.31. The normalized spacial score (nSPS) is 15.7. The summed E-state index contributed by atoms with van der Waals surface area (Å²) >= 11 is 0. The van der Waals surface area contributed by atoms with Crippen molar-refractivity contribution in [3.63, 3.8) is 0 Å². The highest BCUT2D eigenvalue weighted by molar-refractivity contribution is 6.09. The lowest BCUT2D eigenvalue weighted by atomic mass is 9.89. The van der Waals surface area contributed by atoms with E-state index < -0.39 is 0 Å². The second-order valence-electron chi connectivity index (χ2n) is 12.7. The first-order chi connectivity index (χ1) is 24.7. The minimum Gasteiger partial charge on any atom is -0.332 e. The molecule has 5 heteroatoms. The van der Waals surface area contributed by atoms with Crippen LogP contribution in [0.3, 0.4) is 0 Å². The predicted octanol–water partition coefficient (Wildman–Crippen LogP) is 10.5. The van der Waals surface area contributed by atoms with Gasteiger partial charge in [0.05, 0.1) is 51.6 Å². The first kappa shape index (κ1) is 29.0. The predicted molar refractivity (Wildman–Crippen MR) is 199 cm³/mol. The van der Waals surface area contributed by atoms with E-state index >= 15 is 0 Å². The molecule has 2 aliphatic rings. The molecule has 1 aliphatic heterocycles. The fourth-order valence-corrected chi connectivity index (χ4v) is 7.91. The topological polar surface area (TPSA) is 79.5 Å². The average Bonchev–Trinajstić information content (AvgIpc) is 3.69. The molecule has 5 nitrogen and oxygen atoms in total. The number of hydrogen-bond donors (Lipinski definition) is 0. The Morgan fingerprint density at radius 2 is 1.22 bits per heavy atom. The van der Waals surface area contributed by atoms with Crippen molar-refractivity contribution >= 4 is 33.2 Å². The number of aromatic nitrogens is 1. The Morgan fingerprint density at radius 3 is 1.96 bits per heavy atom. The minimum atomic E-state index is -0.0619. The standard InChI is InChI=1S/C45H27N5/c46-26-29-20-21-44-40(24-29)38-15-5-8-19-43(38)50(44)45-31(28-48)10-9-16-39(45)35-12-2-1-11-34(35)32-22-30(27-47)23-33(25-32)49-41-17-6-3-13-36(41)37-14-4-7-18-42(37)49/h1-25,38,43H. The summed E-state index contributed by atoms with van der Waals surface area (Å²) in [6.07, 6.45) is 8.46. The molecule has 0 bridgehead atoms. The van der Waals surface area contributed by atoms with Crippen LogP contribution in [-0.2, 0) is 0 Å². The third kappa shape index (κ3) is 4.37. The molecule has 9 rings (SSSR count). The van der Waals surface area contributed by atoms with Crippen LogP contribution in [0, 0.1) is 34.0 Å². The van der Waals surface area contributed by atoms with Gasteiger partial charge in [-0.05, 0) is 76.9 Å². The van der Waals surface area contributed by atoms with Crippen molar-refractivity contribution in [2.24, 2.45) is 0 Å². The van der Waals surface area contributed by atoms with E-state index in [9.17, 15) is 15.8 Å². The van der Waals surface area contributed by atoms with Crippen LogP contribution < -0.4 is 4.90 Å². The fraction of sp³-hybridized carbons (Fsp3) is 0.0444. The molecule has 1 aliphatic carbocycles. The van der Waals surface area contributed by atoms with Crippen LogP contribution in [0.15, 0.2) is 152 Å². The number of rotatable bonds is 4. The van der Waals surface area contributed by atoms with Crippen molar-refractivity contribution in [2.75, 3.05) is 4.90 Å². The highest BCUT2D eigenvalue weighted by atomic mass is 15.2. The second-order valence-corrected chi connectivity index (χ2v) is 12.7. The van der Waals surface area contributed by atoms with E-state index in [1.165, 1.54) is 0 Å². The zero-order valence-electron chi connectivity index (χ0n) is 26.8. The molecule has 2 heterocycles. The third-order valence-electron chi connectivity index (χ3n) is 9.99. The summed E-state index contributed by atoms with van der Waals surface area (Å²) in [4.78, 5) is 2.26. The fourth-order valence-electron chi connectivity index (χ4n) is 7.91. The SMILES string of the molecule is N#Cc1cc(-c2ccccc2-c2cccc(C#N)c2N2c3ccc(C#N)cc3C3C=CC=CC32)cc(-n2c3ccccc3c3ccccc32)c1. The van der Waals surface area contributed by atoms with Gasteiger partial charge in [0.2, 0.25) is 0 Å². The first-order valence-corrected chi connectivity index (χ1v) is 16.5. The zero-order chi connectivity index (χ0) is 33.8. The maximum Gasteiger partial charge on any atom is 0.101 e. The number of hydrogen-bond acceptors (Lipinski definition) is 4. The number of allylic oxidation sites excluding steroid dienone is 2. The third-order valence-corrected chi connectivity index (χ3v) is 9.99. The van der Waals surface area contributed by atoms with Crippen molar-refractivity contribution < 1.29 is 0 Å². The Morgan fingerprint density at radius 1 is 0.540 bits per heavy atom. The molecule has 2 atom stereocenters. The van der Waals surface area contributed by atoms with E-state index in [0.29, 0.717) is 16.7 Å². The maximum atomic E-state index is 10.6. The van der Waals surface area contributed by atoms with Gasteiger partial charge in [-0.2, -0.15) is 15.8 Å². The number of para-hydroxylation sites is 3. The maximum absolute atomic E-state index is 10.6. The van der Waals surface area contributed by atoms with Gasteiger partial charge in [0.25, 0.3) is 0 Å². The number of nitriles is 3. The van der Waals surface area contributed by atoms with Crippen LogP contribution in [0.1, 0.15) is 28.2 Å². The minimum absolute atomic E-state index is 0.0410. The Labute approximate surface area is 289 Å². The van der Waals surface area contributed by atoms with Crippen molar-refractivity contribution in [2.45, 2.75) is 12.0 Å². The van der Waals surface area contributed by atoms with Gasteiger partial charge in [-0.1, -0.05) is 97.1 Å². The Balaban J connectivity index is 1.27. The van der Waals surface area contributed by atoms with Gasteiger partial charge < -0.3 is 9.47 Å². The molecular weight excluding hydrogens is 611 g/mol. The van der Waals surface area contributed by atoms with Crippen LogP contribution in [0.5, 0.6) is 0 Å². The number of fused-ring (bicyclic) bond motifs is 6. The summed E-state index contributed by atoms with van der Waals surface area (Å²) in [5.74, 6) is 0.0410. The monoisotopic (exact) mass is 637 g/mol. The summed E-state index contributed by atoms with van der Waals surface area (Å²) in [5.41, 5.74) is 11.4. The Bertz CT molecular complexity index is 2670. The highest BCUT2D eigenvalue weighted by Crippen LogP contribution is 2.52. The molecule has 6 aromatic carbocycles. The molecule has 7 aromatic rings. The van der Waals surface area contributed by atoms with Crippen LogP contribution in [-0.4, -0.2) is 10.6 Å². The molecule has 0 radical (unpaired) electrons. The van der Waals surface area contributed by atoms with E-state index in [0.717, 1.165) is 66.7 Å². The van der Waals surface area contributed by atoms with Gasteiger partial charge >= 0.3 is 0 Å². The van der Waals surface area contributed by atoms with Crippen molar-refractivity contribution in [3.05, 3.63) is 174 Å². The number of nitrogens with zero attached hydrogens (tertiary/aromatic N) is 5. The Hall–Kier alpha value is -7.13. The van der Waals surface area contributed by atoms with E-state index in [2.05, 4.69) is 113 Å². The molecule has 2 unspecified atom stereocenters. The largest absolute Gasteiger partial charge is 0.332 e. The molecule has 0 amide bonds. The molecule has 0 spiro atoms. The number of benzene rings is 6. The van der Waals surface area contributed by atoms with Crippen LogP contribution >= 0.6 is 0 Å².